The Morgan fingerprint density at radius 2 is 2.55 bits per heavy atom. The summed E-state index contributed by atoms with van der Waals surface area (Å²) in [6, 6.07) is 0. The number of aryl methyl sites for hydroxylation is 1. The maximum absolute atomic E-state index is 10.5. The fraction of sp³-hybridized carbons (Fsp3) is 0.333. The van der Waals surface area contributed by atoms with Gasteiger partial charge in [0.15, 0.2) is 10.8 Å². The lowest BCUT2D eigenvalue weighted by molar-refractivity contribution is 0.0685. The van der Waals surface area contributed by atoms with E-state index < -0.39 is 5.97 Å². The SMILES string of the molecule is CCn1cnc(Cl)c1C(=O)O. The lowest BCUT2D eigenvalue weighted by atomic mass is 10.4. The summed E-state index contributed by atoms with van der Waals surface area (Å²) in [6.45, 7) is 2.38. The van der Waals surface area contributed by atoms with E-state index in [9.17, 15) is 4.79 Å². The molecular weight excluding hydrogens is 168 g/mol. The van der Waals surface area contributed by atoms with Crippen molar-refractivity contribution in [2.45, 2.75) is 13.5 Å². The van der Waals surface area contributed by atoms with Gasteiger partial charge in [-0.15, -0.1) is 0 Å². The fourth-order valence-corrected chi connectivity index (χ4v) is 1.04. The second-order valence-electron chi connectivity index (χ2n) is 1.98. The molecule has 60 valence electrons. The molecule has 0 fully saturated rings. The summed E-state index contributed by atoms with van der Waals surface area (Å²) in [5.74, 6) is -1.05. The Balaban J connectivity index is 3.17. The smallest absolute Gasteiger partial charge is 0.355 e. The number of carboxylic acid groups (broad SMARTS) is 1. The van der Waals surface area contributed by atoms with Crippen LogP contribution in [0.25, 0.3) is 0 Å². The number of hydrogen-bond donors (Lipinski definition) is 1. The van der Waals surface area contributed by atoms with Gasteiger partial charge in [-0.2, -0.15) is 0 Å². The molecule has 1 heterocycles. The lowest BCUT2D eigenvalue weighted by Gasteiger charge is -1.98. The Labute approximate surface area is 68.4 Å². The summed E-state index contributed by atoms with van der Waals surface area (Å²) in [6.07, 6.45) is 1.41. The molecule has 4 nitrogen and oxygen atoms in total. The molecule has 0 amide bonds. The fourth-order valence-electron chi connectivity index (χ4n) is 0.809. The van der Waals surface area contributed by atoms with E-state index in [0.717, 1.165) is 0 Å². The topological polar surface area (TPSA) is 55.1 Å². The van der Waals surface area contributed by atoms with Crippen LogP contribution < -0.4 is 0 Å². The van der Waals surface area contributed by atoms with Gasteiger partial charge >= 0.3 is 5.97 Å². The summed E-state index contributed by atoms with van der Waals surface area (Å²) < 4.78 is 1.48. The summed E-state index contributed by atoms with van der Waals surface area (Å²) in [5.41, 5.74) is 0.0502. The molecule has 0 aliphatic heterocycles. The van der Waals surface area contributed by atoms with Crippen molar-refractivity contribution in [1.82, 2.24) is 9.55 Å². The minimum absolute atomic E-state index is 0.0411. The van der Waals surface area contributed by atoms with Crippen molar-refractivity contribution < 1.29 is 9.90 Å². The van der Waals surface area contributed by atoms with E-state index in [1.54, 1.807) is 0 Å². The number of rotatable bonds is 2. The Morgan fingerprint density at radius 1 is 1.91 bits per heavy atom. The van der Waals surface area contributed by atoms with Gasteiger partial charge in [-0.05, 0) is 6.92 Å². The molecule has 0 spiro atoms. The second kappa shape index (κ2) is 2.92. The van der Waals surface area contributed by atoms with Crippen molar-refractivity contribution in [2.24, 2.45) is 0 Å². The molecule has 0 aliphatic carbocycles. The molecule has 0 atom stereocenters. The number of halogens is 1. The first-order chi connectivity index (χ1) is 5.16. The molecular formula is C6H7ClN2O2. The number of carboxylic acids is 1. The zero-order valence-electron chi connectivity index (χ0n) is 5.91. The zero-order chi connectivity index (χ0) is 8.43. The lowest BCUT2D eigenvalue weighted by Crippen LogP contribution is -2.06. The van der Waals surface area contributed by atoms with Gasteiger partial charge in [-0.25, -0.2) is 9.78 Å². The molecule has 0 bridgehead atoms. The Morgan fingerprint density at radius 3 is 2.91 bits per heavy atom. The standard InChI is InChI=1S/C6H7ClN2O2/c1-2-9-3-8-5(7)4(9)6(10)11/h3H,2H2,1H3,(H,10,11). The highest BCUT2D eigenvalue weighted by Gasteiger charge is 2.14. The predicted octanol–water partition coefficient (Wildman–Crippen LogP) is 1.25. The van der Waals surface area contributed by atoms with Gasteiger partial charge < -0.3 is 9.67 Å². The maximum Gasteiger partial charge on any atom is 0.355 e. The van der Waals surface area contributed by atoms with Crippen LogP contribution in [0.1, 0.15) is 17.4 Å². The van der Waals surface area contributed by atoms with Crippen LogP contribution in [0.3, 0.4) is 0 Å². The first-order valence-corrected chi connectivity index (χ1v) is 3.48. The zero-order valence-corrected chi connectivity index (χ0v) is 6.67. The van der Waals surface area contributed by atoms with Gasteiger partial charge in [-0.3, -0.25) is 0 Å². The van der Waals surface area contributed by atoms with Crippen LogP contribution in [-0.2, 0) is 6.54 Å². The van der Waals surface area contributed by atoms with Crippen LogP contribution in [0, 0.1) is 0 Å². The first kappa shape index (κ1) is 8.07. The first-order valence-electron chi connectivity index (χ1n) is 3.10. The normalized spacial score (nSPS) is 10.0. The third-order valence-corrected chi connectivity index (χ3v) is 1.61. The molecule has 1 aromatic heterocycles. The highest BCUT2D eigenvalue weighted by Crippen LogP contribution is 2.12. The number of aromatic nitrogens is 2. The van der Waals surface area contributed by atoms with Crippen molar-refractivity contribution in [3.8, 4) is 0 Å². The van der Waals surface area contributed by atoms with Crippen LogP contribution >= 0.6 is 11.6 Å². The summed E-state index contributed by atoms with van der Waals surface area (Å²) in [7, 11) is 0. The van der Waals surface area contributed by atoms with Crippen molar-refractivity contribution >= 4 is 17.6 Å². The van der Waals surface area contributed by atoms with Crippen molar-refractivity contribution in [3.63, 3.8) is 0 Å². The predicted molar refractivity (Wildman–Crippen MR) is 39.9 cm³/mol. The number of aromatic carboxylic acids is 1. The van der Waals surface area contributed by atoms with Crippen LogP contribution in [-0.4, -0.2) is 20.6 Å². The van der Waals surface area contributed by atoms with Crippen molar-refractivity contribution in [1.29, 1.82) is 0 Å². The van der Waals surface area contributed by atoms with Gasteiger partial charge in [0.1, 0.15) is 0 Å². The van der Waals surface area contributed by atoms with Crippen LogP contribution in [0.4, 0.5) is 0 Å². The Kier molecular flexibility index (Phi) is 2.14. The van der Waals surface area contributed by atoms with Crippen LogP contribution in [0.5, 0.6) is 0 Å². The second-order valence-corrected chi connectivity index (χ2v) is 2.33. The van der Waals surface area contributed by atoms with Crippen LogP contribution in [0.2, 0.25) is 5.15 Å². The summed E-state index contributed by atoms with van der Waals surface area (Å²) in [4.78, 5) is 14.2. The number of nitrogens with zero attached hydrogens (tertiary/aromatic N) is 2. The molecule has 0 saturated carbocycles. The average Bonchev–Trinajstić information content (AvgIpc) is 2.30. The van der Waals surface area contributed by atoms with E-state index >= 15 is 0 Å². The molecule has 1 rings (SSSR count). The molecule has 0 radical (unpaired) electrons. The molecule has 0 aromatic carbocycles. The largest absolute Gasteiger partial charge is 0.476 e. The molecule has 5 heteroatoms. The molecule has 1 N–H and O–H groups in total. The third-order valence-electron chi connectivity index (χ3n) is 1.34. The van der Waals surface area contributed by atoms with E-state index in [0.29, 0.717) is 6.54 Å². The van der Waals surface area contributed by atoms with Crippen LogP contribution in [0.15, 0.2) is 6.33 Å². The molecule has 0 aliphatic rings. The van der Waals surface area contributed by atoms with E-state index in [4.69, 9.17) is 16.7 Å². The van der Waals surface area contributed by atoms with E-state index in [1.807, 2.05) is 6.92 Å². The maximum atomic E-state index is 10.5. The van der Waals surface area contributed by atoms with Gasteiger partial charge in [-0.1, -0.05) is 11.6 Å². The van der Waals surface area contributed by atoms with E-state index in [-0.39, 0.29) is 10.8 Å². The Bertz CT molecular complexity index is 282. The third kappa shape index (κ3) is 1.35. The van der Waals surface area contributed by atoms with E-state index in [2.05, 4.69) is 4.98 Å². The van der Waals surface area contributed by atoms with Gasteiger partial charge in [0.05, 0.1) is 6.33 Å². The monoisotopic (exact) mass is 174 g/mol. The minimum atomic E-state index is -1.05. The van der Waals surface area contributed by atoms with Crippen molar-refractivity contribution in [2.75, 3.05) is 0 Å². The van der Waals surface area contributed by atoms with Gasteiger partial charge in [0.25, 0.3) is 0 Å². The summed E-state index contributed by atoms with van der Waals surface area (Å²) >= 11 is 5.51. The van der Waals surface area contributed by atoms with Gasteiger partial charge in [0, 0.05) is 6.54 Å². The molecule has 11 heavy (non-hydrogen) atoms. The number of carbonyl (C=O) groups is 1. The minimum Gasteiger partial charge on any atom is -0.476 e. The average molecular weight is 175 g/mol. The number of hydrogen-bond acceptors (Lipinski definition) is 2. The highest BCUT2D eigenvalue weighted by atomic mass is 35.5. The Hall–Kier alpha value is -1.03. The highest BCUT2D eigenvalue weighted by molar-refractivity contribution is 6.32. The van der Waals surface area contributed by atoms with Gasteiger partial charge in [0.2, 0.25) is 0 Å². The van der Waals surface area contributed by atoms with E-state index in [1.165, 1.54) is 10.9 Å². The summed E-state index contributed by atoms with van der Waals surface area (Å²) in [5, 5.41) is 8.66. The quantitative estimate of drug-likeness (QED) is 0.734. The molecule has 1 aromatic rings. The molecule has 0 saturated heterocycles. The number of imidazole rings is 1. The molecule has 0 unspecified atom stereocenters. The van der Waals surface area contributed by atoms with Crippen molar-refractivity contribution in [3.05, 3.63) is 17.2 Å².